The molecule has 1 unspecified atom stereocenters. The monoisotopic (exact) mass is 332 g/mol. The first-order valence-electron chi connectivity index (χ1n) is 7.65. The van der Waals surface area contributed by atoms with Gasteiger partial charge in [0, 0.05) is 25.2 Å². The number of benzene rings is 1. The van der Waals surface area contributed by atoms with Crippen LogP contribution in [-0.2, 0) is 11.3 Å². The largest absolute Gasteiger partial charge is 0.485 e. The van der Waals surface area contributed by atoms with Gasteiger partial charge in [-0.1, -0.05) is 17.3 Å². The smallest absolute Gasteiger partial charge is 0.277 e. The number of nitrogens with one attached hydrogen (secondary N) is 1. The number of hydrogen-bond donors (Lipinski definition) is 2. The van der Waals surface area contributed by atoms with Gasteiger partial charge in [0.1, 0.15) is 18.0 Å². The van der Waals surface area contributed by atoms with Crippen LogP contribution in [0.1, 0.15) is 48.2 Å². The van der Waals surface area contributed by atoms with E-state index in [1.165, 1.54) is 13.2 Å². The summed E-state index contributed by atoms with van der Waals surface area (Å²) in [5.74, 6) is 0.525. The third-order valence-corrected chi connectivity index (χ3v) is 3.79. The van der Waals surface area contributed by atoms with Crippen LogP contribution in [0.5, 0.6) is 5.75 Å². The number of amides is 1. The molecule has 1 atom stereocenters. The van der Waals surface area contributed by atoms with E-state index in [2.05, 4.69) is 10.5 Å². The van der Waals surface area contributed by atoms with E-state index < -0.39 is 17.6 Å². The molecular formula is C17H20N2O5. The standard InChI is InChI=1S/C17H20N2O5/c1-17(2)8-14(20)11-5-4-6-12(15(11)23-17)18-16(21)13-7-10(9-22-3)24-19-13/h4-7,14,20H,8-9H2,1-3H3,(H,18,21). The van der Waals surface area contributed by atoms with E-state index in [0.717, 1.165) is 0 Å². The summed E-state index contributed by atoms with van der Waals surface area (Å²) >= 11 is 0. The molecule has 1 aliphatic rings. The summed E-state index contributed by atoms with van der Waals surface area (Å²) in [5.41, 5.74) is 0.774. The van der Waals surface area contributed by atoms with Gasteiger partial charge in [-0.05, 0) is 19.9 Å². The first-order chi connectivity index (χ1) is 11.4. The molecule has 1 aromatic heterocycles. The number of aliphatic hydroxyl groups excluding tert-OH is 1. The normalized spacial score (nSPS) is 18.6. The lowest BCUT2D eigenvalue weighted by molar-refractivity contribution is 0.0121. The molecule has 0 radical (unpaired) electrons. The molecule has 2 aromatic rings. The Kier molecular flexibility index (Phi) is 4.29. The number of aliphatic hydroxyl groups is 1. The Labute approximate surface area is 139 Å². The fourth-order valence-electron chi connectivity index (χ4n) is 2.74. The van der Waals surface area contributed by atoms with E-state index >= 15 is 0 Å². The van der Waals surface area contributed by atoms with Crippen molar-refractivity contribution in [1.82, 2.24) is 5.16 Å². The Morgan fingerprint density at radius 1 is 1.50 bits per heavy atom. The number of nitrogens with zero attached hydrogens (tertiary/aromatic N) is 1. The van der Waals surface area contributed by atoms with Gasteiger partial charge in [0.25, 0.3) is 5.91 Å². The number of carbonyl (C=O) groups is 1. The molecule has 0 saturated heterocycles. The molecule has 0 saturated carbocycles. The van der Waals surface area contributed by atoms with Crippen LogP contribution in [0.3, 0.4) is 0 Å². The Morgan fingerprint density at radius 2 is 2.29 bits per heavy atom. The molecular weight excluding hydrogens is 312 g/mol. The molecule has 128 valence electrons. The summed E-state index contributed by atoms with van der Waals surface area (Å²) < 4.78 is 15.9. The SMILES string of the molecule is COCc1cc(C(=O)Nc2cccc3c2OC(C)(C)CC3O)no1. The van der Waals surface area contributed by atoms with Gasteiger partial charge in [0.15, 0.2) is 11.5 Å². The van der Waals surface area contributed by atoms with Gasteiger partial charge in [0.2, 0.25) is 0 Å². The average Bonchev–Trinajstić information content (AvgIpc) is 2.96. The van der Waals surface area contributed by atoms with E-state index in [1.54, 1.807) is 18.2 Å². The number of aromatic nitrogens is 1. The second-order valence-corrected chi connectivity index (χ2v) is 6.37. The van der Waals surface area contributed by atoms with Gasteiger partial charge >= 0.3 is 0 Å². The molecule has 0 bridgehead atoms. The van der Waals surface area contributed by atoms with Crippen molar-refractivity contribution in [1.29, 1.82) is 0 Å². The number of rotatable bonds is 4. The second kappa shape index (κ2) is 6.26. The van der Waals surface area contributed by atoms with Crippen molar-refractivity contribution < 1.29 is 23.9 Å². The molecule has 0 fully saturated rings. The number of methoxy groups -OCH3 is 1. The van der Waals surface area contributed by atoms with Crippen LogP contribution >= 0.6 is 0 Å². The highest BCUT2D eigenvalue weighted by Crippen LogP contribution is 2.43. The molecule has 2 N–H and O–H groups in total. The Hall–Kier alpha value is -2.38. The van der Waals surface area contributed by atoms with E-state index in [0.29, 0.717) is 29.2 Å². The molecule has 7 heteroatoms. The summed E-state index contributed by atoms with van der Waals surface area (Å²) in [6.07, 6.45) is -0.151. The van der Waals surface area contributed by atoms with Crippen molar-refractivity contribution in [2.24, 2.45) is 0 Å². The van der Waals surface area contributed by atoms with Crippen molar-refractivity contribution in [3.05, 3.63) is 41.3 Å². The van der Waals surface area contributed by atoms with Crippen molar-refractivity contribution in [2.75, 3.05) is 12.4 Å². The minimum Gasteiger partial charge on any atom is -0.485 e. The van der Waals surface area contributed by atoms with Gasteiger partial charge in [-0.2, -0.15) is 0 Å². The lowest BCUT2D eigenvalue weighted by atomic mass is 9.91. The summed E-state index contributed by atoms with van der Waals surface area (Å²) in [5, 5.41) is 16.8. The van der Waals surface area contributed by atoms with Gasteiger partial charge in [0.05, 0.1) is 11.8 Å². The molecule has 2 heterocycles. The molecule has 24 heavy (non-hydrogen) atoms. The zero-order chi connectivity index (χ0) is 17.3. The van der Waals surface area contributed by atoms with E-state index in [1.807, 2.05) is 13.8 Å². The predicted octanol–water partition coefficient (Wildman–Crippen LogP) is 2.67. The number of carbonyl (C=O) groups excluding carboxylic acids is 1. The zero-order valence-electron chi connectivity index (χ0n) is 13.8. The summed E-state index contributed by atoms with van der Waals surface area (Å²) in [7, 11) is 1.53. The minimum absolute atomic E-state index is 0.148. The fourth-order valence-corrected chi connectivity index (χ4v) is 2.74. The van der Waals surface area contributed by atoms with E-state index in [4.69, 9.17) is 14.0 Å². The average molecular weight is 332 g/mol. The highest BCUT2D eigenvalue weighted by atomic mass is 16.5. The van der Waals surface area contributed by atoms with Crippen LogP contribution in [0, 0.1) is 0 Å². The first-order valence-corrected chi connectivity index (χ1v) is 7.65. The van der Waals surface area contributed by atoms with Crippen molar-refractivity contribution in [3.8, 4) is 5.75 Å². The molecule has 1 aromatic carbocycles. The Bertz CT molecular complexity index is 753. The predicted molar refractivity (Wildman–Crippen MR) is 85.9 cm³/mol. The molecule has 0 aliphatic carbocycles. The van der Waals surface area contributed by atoms with Crippen molar-refractivity contribution >= 4 is 11.6 Å². The van der Waals surface area contributed by atoms with Gasteiger partial charge < -0.3 is 24.4 Å². The van der Waals surface area contributed by atoms with E-state index in [9.17, 15) is 9.90 Å². The third kappa shape index (κ3) is 3.27. The van der Waals surface area contributed by atoms with Crippen LogP contribution in [0.4, 0.5) is 5.69 Å². The van der Waals surface area contributed by atoms with Crippen LogP contribution < -0.4 is 10.1 Å². The first kappa shape index (κ1) is 16.5. The molecule has 3 rings (SSSR count). The third-order valence-electron chi connectivity index (χ3n) is 3.79. The maximum atomic E-state index is 12.4. The molecule has 1 amide bonds. The highest BCUT2D eigenvalue weighted by Gasteiger charge is 2.34. The number of para-hydroxylation sites is 1. The molecule has 1 aliphatic heterocycles. The van der Waals surface area contributed by atoms with Gasteiger partial charge in [-0.3, -0.25) is 4.79 Å². The van der Waals surface area contributed by atoms with E-state index in [-0.39, 0.29) is 12.3 Å². The second-order valence-electron chi connectivity index (χ2n) is 6.37. The Balaban J connectivity index is 1.85. The molecule has 0 spiro atoms. The van der Waals surface area contributed by atoms with Gasteiger partial charge in [-0.25, -0.2) is 0 Å². The number of ether oxygens (including phenoxy) is 2. The van der Waals surface area contributed by atoms with Gasteiger partial charge in [-0.15, -0.1) is 0 Å². The number of anilines is 1. The zero-order valence-corrected chi connectivity index (χ0v) is 13.8. The van der Waals surface area contributed by atoms with Crippen LogP contribution in [0.15, 0.2) is 28.8 Å². The van der Waals surface area contributed by atoms with Crippen LogP contribution in [0.2, 0.25) is 0 Å². The van der Waals surface area contributed by atoms with Crippen LogP contribution in [-0.4, -0.2) is 28.9 Å². The number of hydrogen-bond acceptors (Lipinski definition) is 6. The fraction of sp³-hybridized carbons (Fsp3) is 0.412. The summed E-state index contributed by atoms with van der Waals surface area (Å²) in [6.45, 7) is 4.03. The highest BCUT2D eigenvalue weighted by molar-refractivity contribution is 6.03. The van der Waals surface area contributed by atoms with Crippen molar-refractivity contribution in [3.63, 3.8) is 0 Å². The van der Waals surface area contributed by atoms with Crippen LogP contribution in [0.25, 0.3) is 0 Å². The maximum Gasteiger partial charge on any atom is 0.277 e. The maximum absolute atomic E-state index is 12.4. The lowest BCUT2D eigenvalue weighted by Gasteiger charge is -2.36. The summed E-state index contributed by atoms with van der Waals surface area (Å²) in [6, 6.07) is 6.80. The number of fused-ring (bicyclic) bond motifs is 1. The topological polar surface area (TPSA) is 93.8 Å². The summed E-state index contributed by atoms with van der Waals surface area (Å²) in [4.78, 5) is 12.4. The minimum atomic E-state index is -0.638. The quantitative estimate of drug-likeness (QED) is 0.894. The van der Waals surface area contributed by atoms with Crippen molar-refractivity contribution in [2.45, 2.75) is 38.6 Å². The lowest BCUT2D eigenvalue weighted by Crippen LogP contribution is -2.35. The molecule has 7 nitrogen and oxygen atoms in total. The Morgan fingerprint density at radius 3 is 3.04 bits per heavy atom.